The molecular formula is C19H21N. The third-order valence-corrected chi connectivity index (χ3v) is 3.19. The van der Waals surface area contributed by atoms with E-state index >= 15 is 0 Å². The van der Waals surface area contributed by atoms with Crippen LogP contribution < -0.4 is 4.90 Å². The first kappa shape index (κ1) is 14.2. The summed E-state index contributed by atoms with van der Waals surface area (Å²) in [4.78, 5) is 2.14. The molecule has 0 aliphatic heterocycles. The van der Waals surface area contributed by atoms with Gasteiger partial charge in [-0.05, 0) is 43.5 Å². The van der Waals surface area contributed by atoms with Gasteiger partial charge in [-0.3, -0.25) is 0 Å². The van der Waals surface area contributed by atoms with Crippen LogP contribution in [0.2, 0.25) is 0 Å². The molecule has 0 aliphatic rings. The fraction of sp³-hybridized carbons (Fsp3) is 0.263. The number of rotatable bonds is 4. The summed E-state index contributed by atoms with van der Waals surface area (Å²) in [6, 6.07) is 22.0. The van der Waals surface area contributed by atoms with E-state index in [4.69, 9.17) is 0 Å². The molecule has 0 saturated carbocycles. The van der Waals surface area contributed by atoms with Crippen molar-refractivity contribution in [3.05, 3.63) is 65.7 Å². The van der Waals surface area contributed by atoms with Crippen molar-refractivity contribution in [3.63, 3.8) is 0 Å². The molecule has 2 aromatic carbocycles. The Balaban J connectivity index is 2.18. The molecule has 0 atom stereocenters. The van der Waals surface area contributed by atoms with Gasteiger partial charge in [-0.25, -0.2) is 0 Å². The molecule has 0 aliphatic carbocycles. The van der Waals surface area contributed by atoms with Crippen molar-refractivity contribution < 1.29 is 0 Å². The summed E-state index contributed by atoms with van der Waals surface area (Å²) < 4.78 is 0. The molecule has 2 aromatic rings. The smallest absolute Gasteiger partial charge is 0.0489 e. The van der Waals surface area contributed by atoms with Crippen molar-refractivity contribution >= 4 is 5.69 Å². The average molecular weight is 263 g/mol. The number of nitrogens with zero attached hydrogens (tertiary/aromatic N) is 1. The molecule has 102 valence electrons. The lowest BCUT2D eigenvalue weighted by atomic mass is 10.2. The molecule has 0 heterocycles. The number of benzene rings is 2. The summed E-state index contributed by atoms with van der Waals surface area (Å²) >= 11 is 0. The summed E-state index contributed by atoms with van der Waals surface area (Å²) in [5.41, 5.74) is 3.50. The lowest BCUT2D eigenvalue weighted by Gasteiger charge is -2.17. The van der Waals surface area contributed by atoms with Gasteiger partial charge in [-0.2, -0.15) is 0 Å². The first-order valence-corrected chi connectivity index (χ1v) is 7.20. The number of para-hydroxylation sites is 1. The molecule has 0 unspecified atom stereocenters. The molecular weight excluding hydrogens is 242 g/mol. The van der Waals surface area contributed by atoms with Crippen LogP contribution in [-0.2, 0) is 0 Å². The van der Waals surface area contributed by atoms with E-state index in [2.05, 4.69) is 79.2 Å². The molecule has 0 radical (unpaired) electrons. The SMILES string of the molecule is CCCCN(C#Cc1ccc(C)cc1)c1ccccc1. The second-order valence-corrected chi connectivity index (χ2v) is 4.94. The molecule has 2 rings (SSSR count). The minimum absolute atomic E-state index is 0.972. The predicted molar refractivity (Wildman–Crippen MR) is 86.8 cm³/mol. The van der Waals surface area contributed by atoms with Gasteiger partial charge >= 0.3 is 0 Å². The molecule has 1 heteroatoms. The Morgan fingerprint density at radius 2 is 1.65 bits per heavy atom. The van der Waals surface area contributed by atoms with Gasteiger partial charge in [0.1, 0.15) is 0 Å². The molecule has 0 saturated heterocycles. The van der Waals surface area contributed by atoms with Crippen molar-refractivity contribution in [3.8, 4) is 12.0 Å². The van der Waals surface area contributed by atoms with E-state index in [1.54, 1.807) is 0 Å². The number of anilines is 1. The van der Waals surface area contributed by atoms with Crippen LogP contribution in [0.3, 0.4) is 0 Å². The maximum absolute atomic E-state index is 3.29. The first-order chi connectivity index (χ1) is 9.79. The molecule has 0 amide bonds. The Kier molecular flexibility index (Phi) is 5.26. The molecule has 20 heavy (non-hydrogen) atoms. The van der Waals surface area contributed by atoms with E-state index in [1.807, 2.05) is 6.07 Å². The third-order valence-electron chi connectivity index (χ3n) is 3.19. The van der Waals surface area contributed by atoms with Crippen molar-refractivity contribution in [2.45, 2.75) is 26.7 Å². The summed E-state index contributed by atoms with van der Waals surface area (Å²) in [6.45, 7) is 5.27. The summed E-state index contributed by atoms with van der Waals surface area (Å²) in [5, 5.41) is 0. The van der Waals surface area contributed by atoms with Gasteiger partial charge in [0, 0.05) is 23.8 Å². The number of unbranched alkanes of at least 4 members (excludes halogenated alkanes) is 1. The summed E-state index contributed by atoms with van der Waals surface area (Å²) in [6.07, 6.45) is 2.33. The monoisotopic (exact) mass is 263 g/mol. The van der Waals surface area contributed by atoms with E-state index in [-0.39, 0.29) is 0 Å². The topological polar surface area (TPSA) is 3.24 Å². The van der Waals surface area contributed by atoms with Crippen LogP contribution in [0.1, 0.15) is 30.9 Å². The van der Waals surface area contributed by atoms with E-state index in [0.29, 0.717) is 0 Å². The Bertz CT molecular complexity index is 573. The van der Waals surface area contributed by atoms with E-state index < -0.39 is 0 Å². The Labute approximate surface area is 122 Å². The van der Waals surface area contributed by atoms with Crippen LogP contribution in [0.15, 0.2) is 54.6 Å². The minimum Gasteiger partial charge on any atom is -0.301 e. The molecule has 0 aromatic heterocycles. The van der Waals surface area contributed by atoms with Gasteiger partial charge in [-0.15, -0.1) is 0 Å². The Hall–Kier alpha value is -2.20. The van der Waals surface area contributed by atoms with E-state index in [1.165, 1.54) is 17.7 Å². The number of hydrogen-bond donors (Lipinski definition) is 0. The maximum atomic E-state index is 3.29. The normalized spacial score (nSPS) is 9.70. The minimum atomic E-state index is 0.972. The largest absolute Gasteiger partial charge is 0.301 e. The zero-order valence-electron chi connectivity index (χ0n) is 12.3. The molecule has 0 spiro atoms. The van der Waals surface area contributed by atoms with Crippen molar-refractivity contribution in [1.82, 2.24) is 0 Å². The van der Waals surface area contributed by atoms with Gasteiger partial charge in [0.25, 0.3) is 0 Å². The zero-order chi connectivity index (χ0) is 14.2. The summed E-state index contributed by atoms with van der Waals surface area (Å²) in [7, 11) is 0. The van der Waals surface area contributed by atoms with Gasteiger partial charge in [-0.1, -0.05) is 49.2 Å². The molecule has 1 nitrogen and oxygen atoms in total. The van der Waals surface area contributed by atoms with Crippen LogP contribution in [-0.4, -0.2) is 6.54 Å². The highest BCUT2D eigenvalue weighted by molar-refractivity contribution is 5.53. The molecule has 0 N–H and O–H groups in total. The van der Waals surface area contributed by atoms with Gasteiger partial charge in [0.05, 0.1) is 0 Å². The molecule has 0 bridgehead atoms. The van der Waals surface area contributed by atoms with Crippen LogP contribution in [0, 0.1) is 18.9 Å². The molecule has 0 fully saturated rings. The predicted octanol–water partition coefficient (Wildman–Crippen LogP) is 4.61. The highest BCUT2D eigenvalue weighted by Gasteiger charge is 2.01. The van der Waals surface area contributed by atoms with Crippen LogP contribution >= 0.6 is 0 Å². The zero-order valence-corrected chi connectivity index (χ0v) is 12.3. The standard InChI is InChI=1S/C19H21N/c1-3-4-15-20(19-8-6-5-7-9-19)16-14-18-12-10-17(2)11-13-18/h5-13H,3-4,15H2,1-2H3. The highest BCUT2D eigenvalue weighted by Crippen LogP contribution is 2.13. The number of hydrogen-bond acceptors (Lipinski definition) is 1. The van der Waals surface area contributed by atoms with Crippen LogP contribution in [0.25, 0.3) is 0 Å². The third kappa shape index (κ3) is 4.17. The van der Waals surface area contributed by atoms with Crippen molar-refractivity contribution in [2.75, 3.05) is 11.4 Å². The first-order valence-electron chi connectivity index (χ1n) is 7.20. The second kappa shape index (κ2) is 7.40. The van der Waals surface area contributed by atoms with Gasteiger partial charge < -0.3 is 4.90 Å². The van der Waals surface area contributed by atoms with Crippen LogP contribution in [0.5, 0.6) is 0 Å². The fourth-order valence-corrected chi connectivity index (χ4v) is 1.94. The fourth-order valence-electron chi connectivity index (χ4n) is 1.94. The van der Waals surface area contributed by atoms with E-state index in [0.717, 1.165) is 18.5 Å². The second-order valence-electron chi connectivity index (χ2n) is 4.94. The van der Waals surface area contributed by atoms with Crippen LogP contribution in [0.4, 0.5) is 5.69 Å². The summed E-state index contributed by atoms with van der Waals surface area (Å²) in [5.74, 6) is 3.26. The lowest BCUT2D eigenvalue weighted by Crippen LogP contribution is -2.17. The van der Waals surface area contributed by atoms with Crippen molar-refractivity contribution in [2.24, 2.45) is 0 Å². The van der Waals surface area contributed by atoms with E-state index in [9.17, 15) is 0 Å². The average Bonchev–Trinajstić information content (AvgIpc) is 2.50. The van der Waals surface area contributed by atoms with Gasteiger partial charge in [0.15, 0.2) is 0 Å². The van der Waals surface area contributed by atoms with Crippen molar-refractivity contribution in [1.29, 1.82) is 0 Å². The Morgan fingerprint density at radius 3 is 2.30 bits per heavy atom. The van der Waals surface area contributed by atoms with Gasteiger partial charge in [0.2, 0.25) is 0 Å². The quantitative estimate of drug-likeness (QED) is 0.575. The maximum Gasteiger partial charge on any atom is 0.0489 e. The number of aryl methyl sites for hydroxylation is 1. The highest BCUT2D eigenvalue weighted by atomic mass is 15.1. The Morgan fingerprint density at radius 1 is 0.950 bits per heavy atom. The lowest BCUT2D eigenvalue weighted by molar-refractivity contribution is 0.790.